The Morgan fingerprint density at radius 1 is 0.620 bits per heavy atom. The smallest absolute Gasteiger partial charge is 0.261 e. The summed E-state index contributed by atoms with van der Waals surface area (Å²) >= 11 is 0. The summed E-state index contributed by atoms with van der Waals surface area (Å²) in [7, 11) is -2.56. The molecule has 2 aromatic carbocycles. The van der Waals surface area contributed by atoms with E-state index in [1.54, 1.807) is 0 Å². The maximum atomic E-state index is 10.7. The van der Waals surface area contributed by atoms with Gasteiger partial charge in [-0.15, -0.1) is 0 Å². The number of hydrogen-bond acceptors (Lipinski definition) is 3. The van der Waals surface area contributed by atoms with Gasteiger partial charge in [0.2, 0.25) is 0 Å². The van der Waals surface area contributed by atoms with Gasteiger partial charge in [0.1, 0.15) is 0 Å². The van der Waals surface area contributed by atoms with Gasteiger partial charge in [0.15, 0.2) is 0 Å². The zero-order valence-electron chi connectivity index (χ0n) is 33.5. The molecule has 0 saturated carbocycles. The van der Waals surface area contributed by atoms with Crippen molar-refractivity contribution < 1.29 is 14.6 Å². The van der Waals surface area contributed by atoms with Crippen LogP contribution in [0.5, 0.6) is 0 Å². The second kappa shape index (κ2) is 24.2. The summed E-state index contributed by atoms with van der Waals surface area (Å²) < 4.78 is 6.92. The largest absolute Gasteiger partial charge is 0.404 e. The fourth-order valence-electron chi connectivity index (χ4n) is 5.88. The van der Waals surface area contributed by atoms with E-state index in [-0.39, 0.29) is 11.6 Å². The molecule has 0 fully saturated rings. The van der Waals surface area contributed by atoms with E-state index < -0.39 is 14.4 Å². The zero-order chi connectivity index (χ0) is 37.6. The van der Waals surface area contributed by atoms with E-state index >= 15 is 0 Å². The van der Waals surface area contributed by atoms with Crippen molar-refractivity contribution in [3.8, 4) is 0 Å². The third-order valence-corrected chi connectivity index (χ3v) is 14.0. The predicted octanol–water partition coefficient (Wildman–Crippen LogP) is 11.4. The minimum atomic E-state index is -2.56. The summed E-state index contributed by atoms with van der Waals surface area (Å²) in [6.07, 6.45) is 19.7. The molecule has 0 amide bonds. The minimum Gasteiger partial charge on any atom is -0.404 e. The van der Waals surface area contributed by atoms with E-state index in [9.17, 15) is 5.11 Å². The van der Waals surface area contributed by atoms with Crippen LogP contribution in [0.3, 0.4) is 0 Å². The van der Waals surface area contributed by atoms with Gasteiger partial charge in [-0.1, -0.05) is 146 Å². The monoisotopic (exact) mass is 699 g/mol. The van der Waals surface area contributed by atoms with Gasteiger partial charge in [-0.25, -0.2) is 0 Å². The quantitative estimate of drug-likeness (QED) is 0.120. The third-order valence-electron chi connectivity index (χ3n) is 8.99. The lowest BCUT2D eigenvalue weighted by atomic mass is 10.0. The number of aliphatic hydroxyl groups is 2. The van der Waals surface area contributed by atoms with Crippen LogP contribution in [0.25, 0.3) is 0 Å². The lowest BCUT2D eigenvalue weighted by Gasteiger charge is -2.42. The molecular formula is C46H70O3Si. The van der Waals surface area contributed by atoms with E-state index in [1.165, 1.54) is 38.2 Å². The van der Waals surface area contributed by atoms with Crippen LogP contribution in [0.2, 0.25) is 5.04 Å². The van der Waals surface area contributed by atoms with Crippen molar-refractivity contribution in [2.75, 3.05) is 13.2 Å². The fraction of sp³-hybridized carbons (Fsp3) is 0.478. The first-order chi connectivity index (χ1) is 23.6. The summed E-state index contributed by atoms with van der Waals surface area (Å²) in [6, 6.07) is 21.4. The van der Waals surface area contributed by atoms with Crippen LogP contribution in [-0.2, 0) is 4.43 Å². The minimum absolute atomic E-state index is 0.0544. The van der Waals surface area contributed by atoms with E-state index in [2.05, 4.69) is 160 Å². The van der Waals surface area contributed by atoms with Gasteiger partial charge in [0.05, 0.1) is 19.3 Å². The summed E-state index contributed by atoms with van der Waals surface area (Å²) in [5.41, 5.74) is 7.78. The molecule has 0 aliphatic carbocycles. The molecule has 0 saturated heterocycles. The molecule has 2 rings (SSSR count). The van der Waals surface area contributed by atoms with Crippen molar-refractivity contribution in [1.29, 1.82) is 0 Å². The highest BCUT2D eigenvalue weighted by molar-refractivity contribution is 6.99. The molecule has 276 valence electrons. The molecular weight excluding hydrogens is 629 g/mol. The van der Waals surface area contributed by atoms with Crippen molar-refractivity contribution in [2.45, 2.75) is 132 Å². The summed E-state index contributed by atoms with van der Waals surface area (Å²) in [5.74, 6) is 0. The Kier molecular flexibility index (Phi) is 21.8. The second-order valence-electron chi connectivity index (χ2n) is 15.2. The van der Waals surface area contributed by atoms with Gasteiger partial charge in [0.25, 0.3) is 8.32 Å². The Bertz CT molecular complexity index is 1370. The average Bonchev–Trinajstić information content (AvgIpc) is 3.06. The molecule has 3 nitrogen and oxygen atoms in total. The molecule has 4 heteroatoms. The van der Waals surface area contributed by atoms with Crippen molar-refractivity contribution in [3.63, 3.8) is 0 Å². The lowest BCUT2D eigenvalue weighted by Crippen LogP contribution is -2.66. The van der Waals surface area contributed by atoms with Crippen LogP contribution >= 0.6 is 0 Å². The highest BCUT2D eigenvalue weighted by Crippen LogP contribution is 2.36. The van der Waals surface area contributed by atoms with E-state index in [1.807, 2.05) is 13.0 Å². The van der Waals surface area contributed by atoms with Gasteiger partial charge in [-0.2, -0.15) is 0 Å². The first kappa shape index (κ1) is 45.0. The maximum absolute atomic E-state index is 10.7. The van der Waals surface area contributed by atoms with E-state index in [0.29, 0.717) is 13.0 Å². The van der Waals surface area contributed by atoms with Crippen LogP contribution in [0, 0.1) is 0 Å². The average molecular weight is 699 g/mol. The SMILES string of the molecule is CC(C)=CCC/C(C)=C/CC(O)/C(C)=C/CO[Si](c1ccccc1)(c1ccccc1)C(C)(C)C.CC(C)=CCC/C(C)=C/CC/C(C)=C/CO. The molecule has 1 atom stereocenters. The van der Waals surface area contributed by atoms with Crippen LogP contribution < -0.4 is 10.4 Å². The standard InChI is InChI=1S/C31H44O2Si.C15H26O/c1-25(2)15-14-16-26(3)21-22-30(32)27(4)23-24-33-34(31(5,6)7,28-17-10-8-11-18-28)29-19-12-9-13-20-29;1-13(2)7-5-8-14(3)9-6-10-15(4)11-12-16/h8-13,15,17-21,23,30,32H,14,16,22,24H2,1-7H3;7,9,11,16H,5-6,8,10,12H2,1-4H3/b26-21+,27-23+;14-9+,15-11+. The molecule has 0 aromatic heterocycles. The van der Waals surface area contributed by atoms with Gasteiger partial charge in [-0.05, 0) is 121 Å². The molecule has 0 radical (unpaired) electrons. The number of benzene rings is 2. The zero-order valence-corrected chi connectivity index (χ0v) is 34.5. The highest BCUT2D eigenvalue weighted by atomic mass is 28.4. The molecule has 0 heterocycles. The number of rotatable bonds is 18. The Hall–Kier alpha value is -3.02. The van der Waals surface area contributed by atoms with Gasteiger partial charge in [-0.3, -0.25) is 0 Å². The van der Waals surface area contributed by atoms with E-state index in [4.69, 9.17) is 9.53 Å². The van der Waals surface area contributed by atoms with Crippen LogP contribution in [0.1, 0.15) is 121 Å². The molecule has 0 aliphatic heterocycles. The van der Waals surface area contributed by atoms with Crippen LogP contribution in [-0.4, -0.2) is 37.8 Å². The first-order valence-electron chi connectivity index (χ1n) is 18.6. The molecule has 1 unspecified atom stereocenters. The Morgan fingerprint density at radius 2 is 1.04 bits per heavy atom. The van der Waals surface area contributed by atoms with Crippen molar-refractivity contribution >= 4 is 18.7 Å². The maximum Gasteiger partial charge on any atom is 0.261 e. The Labute approximate surface area is 308 Å². The number of hydrogen-bond donors (Lipinski definition) is 2. The van der Waals surface area contributed by atoms with Crippen molar-refractivity contribution in [2.24, 2.45) is 0 Å². The predicted molar refractivity (Wildman–Crippen MR) is 223 cm³/mol. The fourth-order valence-corrected chi connectivity index (χ4v) is 10.4. The normalized spacial score (nSPS) is 13.7. The molecule has 0 aliphatic rings. The van der Waals surface area contributed by atoms with Crippen molar-refractivity contribution in [1.82, 2.24) is 0 Å². The summed E-state index contributed by atoms with van der Waals surface area (Å²) in [5, 5.41) is 21.9. The Balaban J connectivity index is 0.000000657. The second-order valence-corrected chi connectivity index (χ2v) is 19.5. The van der Waals surface area contributed by atoms with Gasteiger partial charge in [0, 0.05) is 0 Å². The van der Waals surface area contributed by atoms with Crippen LogP contribution in [0.4, 0.5) is 0 Å². The van der Waals surface area contributed by atoms with Crippen molar-refractivity contribution in [3.05, 3.63) is 131 Å². The molecule has 50 heavy (non-hydrogen) atoms. The Morgan fingerprint density at radius 3 is 1.46 bits per heavy atom. The molecule has 0 bridgehead atoms. The summed E-state index contributed by atoms with van der Waals surface area (Å²) in [4.78, 5) is 0. The third kappa shape index (κ3) is 17.3. The summed E-state index contributed by atoms with van der Waals surface area (Å²) in [6.45, 7) is 24.5. The molecule has 2 N–H and O–H groups in total. The van der Waals surface area contributed by atoms with Gasteiger partial charge >= 0.3 is 0 Å². The van der Waals surface area contributed by atoms with Crippen LogP contribution in [0.15, 0.2) is 131 Å². The number of allylic oxidation sites excluding steroid dienone is 8. The number of aliphatic hydroxyl groups excluding tert-OH is 2. The first-order valence-corrected chi connectivity index (χ1v) is 20.5. The highest BCUT2D eigenvalue weighted by Gasteiger charge is 2.49. The van der Waals surface area contributed by atoms with Gasteiger partial charge < -0.3 is 14.6 Å². The topological polar surface area (TPSA) is 49.7 Å². The lowest BCUT2D eigenvalue weighted by molar-refractivity contribution is 0.212. The molecule has 2 aromatic rings. The molecule has 0 spiro atoms. The van der Waals surface area contributed by atoms with E-state index in [0.717, 1.165) is 44.1 Å².